The van der Waals surface area contributed by atoms with Gasteiger partial charge in [-0.2, -0.15) is 0 Å². The molecule has 0 aliphatic rings. The van der Waals surface area contributed by atoms with Crippen molar-refractivity contribution in [2.75, 3.05) is 36.0 Å². The summed E-state index contributed by atoms with van der Waals surface area (Å²) in [7, 11) is 0. The smallest absolute Gasteiger partial charge is 0.150 e. The highest BCUT2D eigenvalue weighted by atomic mass is 16.5. The first-order valence-corrected chi connectivity index (χ1v) is 10.6. The van der Waals surface area contributed by atoms with Gasteiger partial charge in [0.1, 0.15) is 11.5 Å². The predicted octanol–water partition coefficient (Wildman–Crippen LogP) is 5.42. The van der Waals surface area contributed by atoms with Crippen LogP contribution >= 0.6 is 0 Å². The van der Waals surface area contributed by atoms with Gasteiger partial charge in [0.25, 0.3) is 0 Å². The maximum atomic E-state index is 6.19. The summed E-state index contributed by atoms with van der Waals surface area (Å²) in [6, 6.07) is 22.6. The first-order chi connectivity index (χ1) is 16.7. The molecule has 0 spiro atoms. The fourth-order valence-electron chi connectivity index (χ4n) is 3.36. The molecule has 0 N–H and O–H groups in total. The number of hydrogen-bond acceptors (Lipinski definition) is 4. The molecule has 0 fully saturated rings. The minimum Gasteiger partial charge on any atom is -0.455 e. The normalized spacial score (nSPS) is 9.53. The average molecular weight is 445 g/mol. The molecule has 0 heterocycles. The van der Waals surface area contributed by atoms with Gasteiger partial charge in [0.2, 0.25) is 0 Å². The third-order valence-corrected chi connectivity index (χ3v) is 4.80. The van der Waals surface area contributed by atoms with Crippen LogP contribution in [0.4, 0.5) is 11.4 Å². The molecule has 0 aliphatic carbocycles. The van der Waals surface area contributed by atoms with Crippen molar-refractivity contribution in [1.29, 1.82) is 0 Å². The Morgan fingerprint density at radius 1 is 0.529 bits per heavy atom. The first kappa shape index (κ1) is 23.8. The summed E-state index contributed by atoms with van der Waals surface area (Å²) in [4.78, 5) is 3.80. The number of ether oxygens (including phenoxy) is 2. The van der Waals surface area contributed by atoms with Gasteiger partial charge in [0.05, 0.1) is 37.6 Å². The molecule has 4 nitrogen and oxygen atoms in total. The molecule has 0 unspecified atom stereocenters. The topological polar surface area (TPSA) is 24.9 Å². The summed E-state index contributed by atoms with van der Waals surface area (Å²) >= 11 is 0. The molecule has 0 bridgehead atoms. The lowest BCUT2D eigenvalue weighted by Gasteiger charge is -2.23. The van der Waals surface area contributed by atoms with Crippen LogP contribution in [-0.2, 0) is 0 Å². The third-order valence-electron chi connectivity index (χ3n) is 4.80. The number of hydrogen-bond donors (Lipinski definition) is 0. The van der Waals surface area contributed by atoms with Crippen molar-refractivity contribution in [1.82, 2.24) is 0 Å². The van der Waals surface area contributed by atoms with Crippen molar-refractivity contribution >= 4 is 11.4 Å². The van der Waals surface area contributed by atoms with Crippen LogP contribution in [0.2, 0.25) is 0 Å². The highest BCUT2D eigenvalue weighted by Crippen LogP contribution is 2.36. The Hall–Kier alpha value is -4.90. The zero-order chi connectivity index (χ0) is 24.2. The second-order valence-electron chi connectivity index (χ2n) is 7.14. The standard InChI is InChI=1S/C30H24N2O2/c1-5-20-31(21-6-2)27-16-9-11-18-29(27)33-25-14-13-15-26(24-25)34-30-19-12-10-17-28(30)32(22-7-3)23-8-4/h1-4,9-19,24H,20-23H2. The van der Waals surface area contributed by atoms with E-state index in [9.17, 15) is 0 Å². The zero-order valence-electron chi connectivity index (χ0n) is 18.8. The minimum absolute atomic E-state index is 0.371. The fraction of sp³-hybridized carbons (Fsp3) is 0.133. The second-order valence-corrected chi connectivity index (χ2v) is 7.14. The van der Waals surface area contributed by atoms with Crippen molar-refractivity contribution in [3.63, 3.8) is 0 Å². The molecule has 3 aromatic rings. The Morgan fingerprint density at radius 3 is 1.29 bits per heavy atom. The number of anilines is 2. The van der Waals surface area contributed by atoms with Gasteiger partial charge in [-0.05, 0) is 36.4 Å². The van der Waals surface area contributed by atoms with E-state index in [0.717, 1.165) is 11.4 Å². The number of terminal acetylenes is 4. The second kappa shape index (κ2) is 12.2. The fourth-order valence-corrected chi connectivity index (χ4v) is 3.36. The van der Waals surface area contributed by atoms with Gasteiger partial charge in [0, 0.05) is 6.07 Å². The van der Waals surface area contributed by atoms with Crippen LogP contribution < -0.4 is 19.3 Å². The Balaban J connectivity index is 1.86. The molecule has 4 heteroatoms. The predicted molar refractivity (Wildman–Crippen MR) is 139 cm³/mol. The van der Waals surface area contributed by atoms with Crippen molar-refractivity contribution in [2.45, 2.75) is 0 Å². The minimum atomic E-state index is 0.371. The van der Waals surface area contributed by atoms with Crippen LogP contribution in [0.15, 0.2) is 72.8 Å². The van der Waals surface area contributed by atoms with Crippen LogP contribution in [0.3, 0.4) is 0 Å². The number of nitrogens with zero attached hydrogens (tertiary/aromatic N) is 2. The zero-order valence-corrected chi connectivity index (χ0v) is 18.8. The van der Waals surface area contributed by atoms with E-state index in [4.69, 9.17) is 35.2 Å². The molecule has 34 heavy (non-hydrogen) atoms. The van der Waals surface area contributed by atoms with E-state index < -0.39 is 0 Å². The van der Waals surface area contributed by atoms with Crippen LogP contribution in [0.5, 0.6) is 23.0 Å². The lowest BCUT2D eigenvalue weighted by molar-refractivity contribution is 0.460. The summed E-state index contributed by atoms with van der Waals surface area (Å²) in [5, 5.41) is 0. The first-order valence-electron chi connectivity index (χ1n) is 10.6. The van der Waals surface area contributed by atoms with Crippen LogP contribution in [-0.4, -0.2) is 26.2 Å². The number of benzene rings is 3. The molecule has 3 aromatic carbocycles. The van der Waals surface area contributed by atoms with Crippen molar-refractivity contribution in [3.8, 4) is 72.4 Å². The summed E-state index contributed by atoms with van der Waals surface area (Å²) in [6.07, 6.45) is 22.1. The van der Waals surface area contributed by atoms with Gasteiger partial charge in [-0.15, -0.1) is 25.7 Å². The molecule has 3 rings (SSSR count). The van der Waals surface area contributed by atoms with E-state index in [0.29, 0.717) is 49.2 Å². The largest absolute Gasteiger partial charge is 0.455 e. The summed E-state index contributed by atoms with van der Waals surface area (Å²) in [5.41, 5.74) is 1.63. The van der Waals surface area contributed by atoms with E-state index in [1.807, 2.05) is 82.6 Å². The van der Waals surface area contributed by atoms with Gasteiger partial charge in [0.15, 0.2) is 11.5 Å². The van der Waals surface area contributed by atoms with Crippen molar-refractivity contribution < 1.29 is 9.47 Å². The van der Waals surface area contributed by atoms with E-state index in [1.54, 1.807) is 0 Å². The maximum Gasteiger partial charge on any atom is 0.150 e. The van der Waals surface area contributed by atoms with E-state index in [-0.39, 0.29) is 0 Å². The van der Waals surface area contributed by atoms with Crippen LogP contribution in [0.25, 0.3) is 0 Å². The lowest BCUT2D eigenvalue weighted by atomic mass is 10.2. The SMILES string of the molecule is C#CCN(CC#C)c1ccccc1Oc1cccc(Oc2ccccc2N(CC#C)CC#C)c1. The quantitative estimate of drug-likeness (QED) is 0.390. The Morgan fingerprint density at radius 2 is 0.912 bits per heavy atom. The number of rotatable bonds is 10. The van der Waals surface area contributed by atoms with E-state index in [1.165, 1.54) is 0 Å². The molecule has 0 aliphatic heterocycles. The van der Waals surface area contributed by atoms with Crippen molar-refractivity contribution in [3.05, 3.63) is 72.8 Å². The van der Waals surface area contributed by atoms with E-state index >= 15 is 0 Å². The molecule has 0 amide bonds. The van der Waals surface area contributed by atoms with E-state index in [2.05, 4.69) is 23.7 Å². The Labute approximate surface area is 202 Å². The Kier molecular flexibility index (Phi) is 8.54. The monoisotopic (exact) mass is 444 g/mol. The van der Waals surface area contributed by atoms with Gasteiger partial charge < -0.3 is 19.3 Å². The summed E-state index contributed by atoms with van der Waals surface area (Å²) in [6.45, 7) is 1.49. The molecule has 0 radical (unpaired) electrons. The van der Waals surface area contributed by atoms with Gasteiger partial charge in [-0.25, -0.2) is 0 Å². The highest BCUT2D eigenvalue weighted by Gasteiger charge is 2.13. The third kappa shape index (κ3) is 6.08. The highest BCUT2D eigenvalue weighted by molar-refractivity contribution is 5.62. The summed E-state index contributed by atoms with van der Waals surface area (Å²) in [5.74, 6) is 13.0. The molecule has 0 aromatic heterocycles. The van der Waals surface area contributed by atoms with Gasteiger partial charge >= 0.3 is 0 Å². The summed E-state index contributed by atoms with van der Waals surface area (Å²) < 4.78 is 12.4. The van der Waals surface area contributed by atoms with Crippen LogP contribution in [0, 0.1) is 49.4 Å². The molecular weight excluding hydrogens is 420 g/mol. The molecule has 0 atom stereocenters. The van der Waals surface area contributed by atoms with Crippen LogP contribution in [0.1, 0.15) is 0 Å². The molecule has 166 valence electrons. The maximum absolute atomic E-state index is 6.19. The van der Waals surface area contributed by atoms with Crippen molar-refractivity contribution in [2.24, 2.45) is 0 Å². The van der Waals surface area contributed by atoms with Gasteiger partial charge in [-0.3, -0.25) is 0 Å². The molecule has 0 saturated carbocycles. The van der Waals surface area contributed by atoms with Gasteiger partial charge in [-0.1, -0.05) is 54.0 Å². The molecular formula is C30H24N2O2. The number of para-hydroxylation sites is 4. The average Bonchev–Trinajstić information content (AvgIpc) is 2.85. The Bertz CT molecular complexity index is 1160. The molecule has 0 saturated heterocycles. The lowest BCUT2D eigenvalue weighted by Crippen LogP contribution is -2.24.